The maximum Gasteiger partial charge on any atom is 0.0742 e. The summed E-state index contributed by atoms with van der Waals surface area (Å²) < 4.78 is 0. The first-order chi connectivity index (χ1) is 17.8. The number of fused-ring (bicyclic) bond motifs is 8. The third-order valence-electron chi connectivity index (χ3n) is 9.48. The summed E-state index contributed by atoms with van der Waals surface area (Å²) in [6, 6.07) is 30.5. The molecule has 4 aromatic rings. The molecule has 1 heteroatoms. The van der Waals surface area contributed by atoms with Crippen LogP contribution in [0.4, 0.5) is 5.69 Å². The second-order valence-electron chi connectivity index (χ2n) is 12.0. The monoisotopic (exact) mass is 481 g/mol. The molecular formula is C36H35N. The highest BCUT2D eigenvalue weighted by Crippen LogP contribution is 2.56. The molecule has 0 fully saturated rings. The predicted molar refractivity (Wildman–Crippen MR) is 157 cm³/mol. The average molecular weight is 482 g/mol. The standard InChI is InChI=1S/C36H35N/c1-21-16-22(2)35-23(3)24(4)37-33(30(35)17-21)19-27(25-12-8-7-9-13-25)29-18-28-26-14-10-11-15-31(26)36(5,6)32(28)20-34(29)37/h7-20,23-24,33H,1-6H3. The van der Waals surface area contributed by atoms with Gasteiger partial charge in [0.2, 0.25) is 0 Å². The lowest BCUT2D eigenvalue weighted by Crippen LogP contribution is -2.45. The van der Waals surface area contributed by atoms with Gasteiger partial charge in [0.15, 0.2) is 0 Å². The van der Waals surface area contributed by atoms with Crippen molar-refractivity contribution in [1.82, 2.24) is 0 Å². The molecule has 1 nitrogen and oxygen atoms in total. The van der Waals surface area contributed by atoms with E-state index in [-0.39, 0.29) is 11.5 Å². The van der Waals surface area contributed by atoms with Crippen LogP contribution in [0.15, 0.2) is 84.9 Å². The average Bonchev–Trinajstić information content (AvgIpc) is 3.11. The molecule has 184 valence electrons. The van der Waals surface area contributed by atoms with Crippen molar-refractivity contribution in [2.24, 2.45) is 0 Å². The van der Waals surface area contributed by atoms with Crippen molar-refractivity contribution in [3.05, 3.63) is 129 Å². The van der Waals surface area contributed by atoms with Crippen LogP contribution in [0.3, 0.4) is 0 Å². The van der Waals surface area contributed by atoms with Gasteiger partial charge < -0.3 is 4.90 Å². The summed E-state index contributed by atoms with van der Waals surface area (Å²) in [5, 5.41) is 0. The zero-order valence-electron chi connectivity index (χ0n) is 22.8. The van der Waals surface area contributed by atoms with Gasteiger partial charge in [-0.05, 0) is 89.1 Å². The first kappa shape index (κ1) is 22.6. The molecule has 0 N–H and O–H groups in total. The smallest absolute Gasteiger partial charge is 0.0742 e. The molecule has 0 bridgehead atoms. The predicted octanol–water partition coefficient (Wildman–Crippen LogP) is 9.11. The van der Waals surface area contributed by atoms with E-state index in [0.717, 1.165) is 0 Å². The summed E-state index contributed by atoms with van der Waals surface area (Å²) >= 11 is 0. The Bertz CT molecular complexity index is 1600. The maximum absolute atomic E-state index is 2.73. The number of anilines is 1. The van der Waals surface area contributed by atoms with E-state index in [2.05, 4.69) is 131 Å². The highest BCUT2D eigenvalue weighted by Gasteiger charge is 2.43. The minimum absolute atomic E-state index is 0.0136. The van der Waals surface area contributed by atoms with Crippen LogP contribution in [0, 0.1) is 13.8 Å². The van der Waals surface area contributed by atoms with Crippen molar-refractivity contribution >= 4 is 11.3 Å². The Hall–Kier alpha value is -3.58. The molecule has 0 amide bonds. The Kier molecular flexibility index (Phi) is 4.71. The summed E-state index contributed by atoms with van der Waals surface area (Å²) in [6.07, 6.45) is 2.55. The molecule has 3 atom stereocenters. The molecule has 7 rings (SSSR count). The molecule has 37 heavy (non-hydrogen) atoms. The number of aryl methyl sites for hydroxylation is 2. The molecule has 0 saturated heterocycles. The molecule has 3 unspecified atom stereocenters. The van der Waals surface area contributed by atoms with Gasteiger partial charge in [-0.2, -0.15) is 0 Å². The fraction of sp³-hybridized carbons (Fsp3) is 0.278. The van der Waals surface area contributed by atoms with E-state index >= 15 is 0 Å². The zero-order chi connectivity index (χ0) is 25.6. The van der Waals surface area contributed by atoms with Crippen LogP contribution in [0.2, 0.25) is 0 Å². The van der Waals surface area contributed by atoms with Crippen LogP contribution >= 0.6 is 0 Å². The molecule has 4 aromatic carbocycles. The summed E-state index contributed by atoms with van der Waals surface area (Å²) in [4.78, 5) is 2.73. The second kappa shape index (κ2) is 7.71. The number of rotatable bonds is 1. The van der Waals surface area contributed by atoms with Crippen LogP contribution in [0.1, 0.15) is 84.2 Å². The van der Waals surface area contributed by atoms with Gasteiger partial charge in [-0.3, -0.25) is 0 Å². The topological polar surface area (TPSA) is 3.24 Å². The van der Waals surface area contributed by atoms with Gasteiger partial charge >= 0.3 is 0 Å². The van der Waals surface area contributed by atoms with Gasteiger partial charge in [0.25, 0.3) is 0 Å². The highest BCUT2D eigenvalue weighted by molar-refractivity contribution is 5.95. The van der Waals surface area contributed by atoms with Crippen molar-refractivity contribution in [1.29, 1.82) is 0 Å². The molecular weight excluding hydrogens is 446 g/mol. The van der Waals surface area contributed by atoms with Gasteiger partial charge in [0, 0.05) is 28.6 Å². The largest absolute Gasteiger partial charge is 0.357 e. The van der Waals surface area contributed by atoms with Gasteiger partial charge in [0.05, 0.1) is 6.04 Å². The van der Waals surface area contributed by atoms with E-state index in [9.17, 15) is 0 Å². The van der Waals surface area contributed by atoms with Crippen molar-refractivity contribution in [3.8, 4) is 11.1 Å². The van der Waals surface area contributed by atoms with E-state index < -0.39 is 0 Å². The number of nitrogens with zero attached hydrogens (tertiary/aromatic N) is 1. The van der Waals surface area contributed by atoms with Crippen molar-refractivity contribution < 1.29 is 0 Å². The molecule has 2 aliphatic heterocycles. The van der Waals surface area contributed by atoms with Crippen LogP contribution < -0.4 is 4.90 Å². The van der Waals surface area contributed by atoms with Crippen molar-refractivity contribution in [3.63, 3.8) is 0 Å². The van der Waals surface area contributed by atoms with Crippen LogP contribution in [0.5, 0.6) is 0 Å². The number of benzene rings is 4. The van der Waals surface area contributed by atoms with E-state index in [0.29, 0.717) is 12.0 Å². The lowest BCUT2D eigenvalue weighted by Gasteiger charge is -2.49. The van der Waals surface area contributed by atoms with Crippen LogP contribution in [0.25, 0.3) is 16.7 Å². The van der Waals surface area contributed by atoms with Gasteiger partial charge in [-0.25, -0.2) is 0 Å². The Morgan fingerprint density at radius 2 is 1.46 bits per heavy atom. The molecule has 2 heterocycles. The summed E-state index contributed by atoms with van der Waals surface area (Å²) in [5.41, 5.74) is 16.9. The fourth-order valence-corrected chi connectivity index (χ4v) is 7.59. The summed E-state index contributed by atoms with van der Waals surface area (Å²) in [5.74, 6) is 0.463. The quantitative estimate of drug-likeness (QED) is 0.262. The van der Waals surface area contributed by atoms with Crippen molar-refractivity contribution in [2.75, 3.05) is 4.90 Å². The minimum atomic E-state index is -0.0136. The highest BCUT2D eigenvalue weighted by atomic mass is 15.2. The zero-order valence-corrected chi connectivity index (χ0v) is 22.8. The first-order valence-corrected chi connectivity index (χ1v) is 13.7. The normalized spacial score (nSPS) is 22.4. The second-order valence-corrected chi connectivity index (χ2v) is 12.0. The Labute approximate surface area is 221 Å². The van der Waals surface area contributed by atoms with E-state index in [4.69, 9.17) is 0 Å². The Morgan fingerprint density at radius 3 is 2.24 bits per heavy atom. The number of hydrogen-bond acceptors (Lipinski definition) is 1. The molecule has 1 aliphatic carbocycles. The fourth-order valence-electron chi connectivity index (χ4n) is 7.59. The lowest BCUT2D eigenvalue weighted by molar-refractivity contribution is 0.481. The molecule has 0 saturated carbocycles. The summed E-state index contributed by atoms with van der Waals surface area (Å²) in [6.45, 7) is 14.2. The Balaban J connectivity index is 1.55. The molecule has 3 aliphatic rings. The third-order valence-corrected chi connectivity index (χ3v) is 9.48. The maximum atomic E-state index is 2.73. The summed E-state index contributed by atoms with van der Waals surface area (Å²) in [7, 11) is 0. The van der Waals surface area contributed by atoms with Crippen molar-refractivity contribution in [2.45, 2.75) is 65.0 Å². The molecule has 0 radical (unpaired) electrons. The van der Waals surface area contributed by atoms with E-state index in [1.165, 1.54) is 61.3 Å². The van der Waals surface area contributed by atoms with E-state index in [1.807, 2.05) is 0 Å². The Morgan fingerprint density at radius 1 is 0.730 bits per heavy atom. The SMILES string of the molecule is Cc1cc(C)c2c(c1)C1C=C(c3ccccc3)c3cc4c(cc3N1C(C)C2C)C(C)(C)c1ccccc1-4. The first-order valence-electron chi connectivity index (χ1n) is 13.7. The lowest BCUT2D eigenvalue weighted by atomic mass is 9.74. The molecule has 0 spiro atoms. The van der Waals surface area contributed by atoms with E-state index in [1.54, 1.807) is 5.56 Å². The van der Waals surface area contributed by atoms with Gasteiger partial charge in [0.1, 0.15) is 0 Å². The van der Waals surface area contributed by atoms with Gasteiger partial charge in [-0.15, -0.1) is 0 Å². The molecule has 0 aromatic heterocycles. The minimum Gasteiger partial charge on any atom is -0.357 e. The number of hydrogen-bond donors (Lipinski definition) is 0. The van der Waals surface area contributed by atoms with Crippen LogP contribution in [-0.4, -0.2) is 6.04 Å². The third kappa shape index (κ3) is 3.04. The van der Waals surface area contributed by atoms with Crippen LogP contribution in [-0.2, 0) is 5.41 Å². The van der Waals surface area contributed by atoms with Gasteiger partial charge in [-0.1, -0.05) is 93.1 Å².